The minimum absolute atomic E-state index is 0.0541. The summed E-state index contributed by atoms with van der Waals surface area (Å²) in [5.41, 5.74) is 1.23. The Morgan fingerprint density at radius 2 is 1.81 bits per heavy atom. The zero-order chi connectivity index (χ0) is 15.1. The number of rotatable bonds is 6. The van der Waals surface area contributed by atoms with Crippen LogP contribution in [-0.4, -0.2) is 17.7 Å². The summed E-state index contributed by atoms with van der Waals surface area (Å²) in [6, 6.07) is 17.8. The van der Waals surface area contributed by atoms with Crippen molar-refractivity contribution in [3.63, 3.8) is 0 Å². The molecule has 4 heteroatoms. The van der Waals surface area contributed by atoms with Crippen LogP contribution in [0, 0.1) is 0 Å². The summed E-state index contributed by atoms with van der Waals surface area (Å²) >= 11 is 7.35. The number of amides is 1. The molecule has 1 N–H and O–H groups in total. The van der Waals surface area contributed by atoms with Crippen LogP contribution < -0.4 is 5.32 Å². The summed E-state index contributed by atoms with van der Waals surface area (Å²) in [6.45, 7) is 2.03. The van der Waals surface area contributed by atoms with Crippen LogP contribution in [0.15, 0.2) is 59.5 Å². The van der Waals surface area contributed by atoms with Gasteiger partial charge in [0, 0.05) is 16.0 Å². The van der Waals surface area contributed by atoms with Crippen LogP contribution in [0.5, 0.6) is 0 Å². The molecule has 0 radical (unpaired) electrons. The van der Waals surface area contributed by atoms with Crippen LogP contribution in [0.4, 0.5) is 0 Å². The Hall–Kier alpha value is -1.45. The van der Waals surface area contributed by atoms with Crippen LogP contribution in [0.3, 0.4) is 0 Å². The second-order valence-corrected chi connectivity index (χ2v) is 6.39. The third kappa shape index (κ3) is 5.82. The average molecular weight is 320 g/mol. The van der Waals surface area contributed by atoms with E-state index in [4.69, 9.17) is 11.6 Å². The molecule has 2 aromatic rings. The SMILES string of the molecule is CC(Cc1ccccc1)NC(=O)CSc1ccc(Cl)cc1. The molecular formula is C17H18ClNOS. The molecule has 0 aliphatic carbocycles. The molecule has 2 nitrogen and oxygen atoms in total. The fraction of sp³-hybridized carbons (Fsp3) is 0.235. The molecule has 110 valence electrons. The standard InChI is InChI=1S/C17H18ClNOS/c1-13(11-14-5-3-2-4-6-14)19-17(20)12-21-16-9-7-15(18)8-10-16/h2-10,13H,11-12H2,1H3,(H,19,20). The van der Waals surface area contributed by atoms with Crippen LogP contribution in [0.1, 0.15) is 12.5 Å². The first-order valence-electron chi connectivity index (χ1n) is 6.85. The Morgan fingerprint density at radius 1 is 1.14 bits per heavy atom. The van der Waals surface area contributed by atoms with Crippen molar-refractivity contribution < 1.29 is 4.79 Å². The minimum atomic E-state index is 0.0541. The molecule has 0 bridgehead atoms. The van der Waals surface area contributed by atoms with E-state index < -0.39 is 0 Å². The van der Waals surface area contributed by atoms with Gasteiger partial charge in [0.2, 0.25) is 5.91 Å². The Kier molecular flexibility index (Phi) is 6.15. The van der Waals surface area contributed by atoms with Gasteiger partial charge in [0.1, 0.15) is 0 Å². The largest absolute Gasteiger partial charge is 0.353 e. The molecule has 0 spiro atoms. The van der Waals surface area contributed by atoms with Crippen molar-refractivity contribution in [2.75, 3.05) is 5.75 Å². The van der Waals surface area contributed by atoms with Gasteiger partial charge in [0.05, 0.1) is 5.75 Å². The van der Waals surface area contributed by atoms with E-state index >= 15 is 0 Å². The predicted octanol–water partition coefficient (Wildman–Crippen LogP) is 4.18. The highest BCUT2D eigenvalue weighted by Crippen LogP contribution is 2.20. The van der Waals surface area contributed by atoms with Crippen molar-refractivity contribution in [3.8, 4) is 0 Å². The third-order valence-electron chi connectivity index (χ3n) is 2.98. The van der Waals surface area contributed by atoms with Crippen molar-refractivity contribution in [2.24, 2.45) is 0 Å². The number of hydrogen-bond donors (Lipinski definition) is 1. The maximum atomic E-state index is 11.9. The van der Waals surface area contributed by atoms with E-state index in [2.05, 4.69) is 17.4 Å². The van der Waals surface area contributed by atoms with Gasteiger partial charge in [0.25, 0.3) is 0 Å². The second kappa shape index (κ2) is 8.11. The number of nitrogens with one attached hydrogen (secondary N) is 1. The molecule has 1 atom stereocenters. The van der Waals surface area contributed by atoms with Gasteiger partial charge in [-0.05, 0) is 43.2 Å². The number of benzene rings is 2. The summed E-state index contributed by atoms with van der Waals surface area (Å²) in [6.07, 6.45) is 0.845. The fourth-order valence-electron chi connectivity index (χ4n) is 2.01. The van der Waals surface area contributed by atoms with Crippen molar-refractivity contribution in [2.45, 2.75) is 24.3 Å². The number of thioether (sulfide) groups is 1. The van der Waals surface area contributed by atoms with E-state index in [1.807, 2.05) is 49.4 Å². The van der Waals surface area contributed by atoms with Crippen molar-refractivity contribution in [1.82, 2.24) is 5.32 Å². The van der Waals surface area contributed by atoms with Crippen molar-refractivity contribution in [1.29, 1.82) is 0 Å². The highest BCUT2D eigenvalue weighted by atomic mass is 35.5. The lowest BCUT2D eigenvalue weighted by atomic mass is 10.1. The van der Waals surface area contributed by atoms with Crippen LogP contribution in [0.2, 0.25) is 5.02 Å². The molecule has 0 saturated heterocycles. The number of halogens is 1. The van der Waals surface area contributed by atoms with Crippen LogP contribution in [0.25, 0.3) is 0 Å². The maximum absolute atomic E-state index is 11.9. The van der Waals surface area contributed by atoms with Gasteiger partial charge in [-0.1, -0.05) is 41.9 Å². The zero-order valence-electron chi connectivity index (χ0n) is 11.9. The molecule has 1 unspecified atom stereocenters. The summed E-state index contributed by atoms with van der Waals surface area (Å²) in [7, 11) is 0. The Morgan fingerprint density at radius 3 is 2.48 bits per heavy atom. The molecule has 0 heterocycles. The summed E-state index contributed by atoms with van der Waals surface area (Å²) in [5, 5.41) is 3.73. The van der Waals surface area contributed by atoms with Gasteiger partial charge >= 0.3 is 0 Å². The highest BCUT2D eigenvalue weighted by Gasteiger charge is 2.08. The van der Waals surface area contributed by atoms with Gasteiger partial charge in [-0.25, -0.2) is 0 Å². The summed E-state index contributed by atoms with van der Waals surface area (Å²) in [4.78, 5) is 13.0. The molecule has 0 aromatic heterocycles. The minimum Gasteiger partial charge on any atom is -0.353 e. The smallest absolute Gasteiger partial charge is 0.230 e. The summed E-state index contributed by atoms with van der Waals surface area (Å²) < 4.78 is 0. The third-order valence-corrected chi connectivity index (χ3v) is 4.24. The van der Waals surface area contributed by atoms with Gasteiger partial charge < -0.3 is 5.32 Å². The Labute approximate surface area is 134 Å². The second-order valence-electron chi connectivity index (χ2n) is 4.90. The van der Waals surface area contributed by atoms with E-state index in [0.717, 1.165) is 11.3 Å². The molecule has 2 aromatic carbocycles. The number of carbonyl (C=O) groups is 1. The molecular weight excluding hydrogens is 302 g/mol. The van der Waals surface area contributed by atoms with E-state index in [0.29, 0.717) is 10.8 Å². The Balaban J connectivity index is 1.75. The molecule has 2 rings (SSSR count). The van der Waals surface area contributed by atoms with Crippen LogP contribution >= 0.6 is 23.4 Å². The van der Waals surface area contributed by atoms with Crippen molar-refractivity contribution >= 4 is 29.3 Å². The number of carbonyl (C=O) groups excluding carboxylic acids is 1. The molecule has 0 aliphatic heterocycles. The zero-order valence-corrected chi connectivity index (χ0v) is 13.5. The highest BCUT2D eigenvalue weighted by molar-refractivity contribution is 8.00. The average Bonchev–Trinajstić information content (AvgIpc) is 2.47. The van der Waals surface area contributed by atoms with E-state index in [-0.39, 0.29) is 11.9 Å². The quantitative estimate of drug-likeness (QED) is 0.809. The monoisotopic (exact) mass is 319 g/mol. The normalized spacial score (nSPS) is 11.9. The molecule has 0 fully saturated rings. The molecule has 0 saturated carbocycles. The van der Waals surface area contributed by atoms with Crippen LogP contribution in [-0.2, 0) is 11.2 Å². The van der Waals surface area contributed by atoms with Crippen molar-refractivity contribution in [3.05, 3.63) is 65.2 Å². The lowest BCUT2D eigenvalue weighted by molar-refractivity contribution is -0.119. The molecule has 1 amide bonds. The summed E-state index contributed by atoms with van der Waals surface area (Å²) in [5.74, 6) is 0.471. The molecule has 21 heavy (non-hydrogen) atoms. The Bertz CT molecular complexity index is 571. The topological polar surface area (TPSA) is 29.1 Å². The predicted molar refractivity (Wildman–Crippen MR) is 89.9 cm³/mol. The van der Waals surface area contributed by atoms with Gasteiger partial charge in [-0.3, -0.25) is 4.79 Å². The van der Waals surface area contributed by atoms with Gasteiger partial charge in [0.15, 0.2) is 0 Å². The fourth-order valence-corrected chi connectivity index (χ4v) is 2.85. The first-order valence-corrected chi connectivity index (χ1v) is 8.21. The van der Waals surface area contributed by atoms with Gasteiger partial charge in [-0.15, -0.1) is 11.8 Å². The lowest BCUT2D eigenvalue weighted by Gasteiger charge is -2.13. The van der Waals surface area contributed by atoms with E-state index in [1.165, 1.54) is 17.3 Å². The van der Waals surface area contributed by atoms with E-state index in [1.54, 1.807) is 0 Å². The van der Waals surface area contributed by atoms with Gasteiger partial charge in [-0.2, -0.15) is 0 Å². The maximum Gasteiger partial charge on any atom is 0.230 e. The first kappa shape index (κ1) is 15.9. The van der Waals surface area contributed by atoms with E-state index in [9.17, 15) is 4.79 Å². The molecule has 0 aliphatic rings. The number of hydrogen-bond acceptors (Lipinski definition) is 2. The lowest BCUT2D eigenvalue weighted by Crippen LogP contribution is -2.35. The first-order chi connectivity index (χ1) is 10.1.